The van der Waals surface area contributed by atoms with Crippen LogP contribution in [-0.4, -0.2) is 20.9 Å². The van der Waals surface area contributed by atoms with Crippen LogP contribution in [0.4, 0.5) is 0 Å². The summed E-state index contributed by atoms with van der Waals surface area (Å²) in [7, 11) is 0. The van der Waals surface area contributed by atoms with Gasteiger partial charge in [-0.1, -0.05) is 74.4 Å². The third kappa shape index (κ3) is 8.45. The second kappa shape index (κ2) is 11.9. The van der Waals surface area contributed by atoms with Crippen molar-refractivity contribution in [2.24, 2.45) is 10.8 Å². The van der Waals surface area contributed by atoms with Gasteiger partial charge in [-0.2, -0.15) is 0 Å². The maximum atomic E-state index is 11.5. The molecule has 0 aliphatic carbocycles. The minimum absolute atomic E-state index is 0. The zero-order valence-corrected chi connectivity index (χ0v) is 24.2. The van der Waals surface area contributed by atoms with Gasteiger partial charge in [-0.3, -0.25) is 14.8 Å². The van der Waals surface area contributed by atoms with Gasteiger partial charge < -0.3 is 5.11 Å². The van der Waals surface area contributed by atoms with Crippen LogP contribution in [0.25, 0.3) is 22.2 Å². The first-order valence-corrected chi connectivity index (χ1v) is 11.4. The maximum Gasteiger partial charge on any atom is 0.164 e. The molecule has 0 aliphatic heterocycles. The Hall–Kier alpha value is -2.36. The number of benzene rings is 1. The zero-order chi connectivity index (χ0) is 25.0. The van der Waals surface area contributed by atoms with E-state index < -0.39 is 5.41 Å². The molecule has 3 rings (SSSR count). The van der Waals surface area contributed by atoms with Gasteiger partial charge >= 0.3 is 0 Å². The summed E-state index contributed by atoms with van der Waals surface area (Å²) in [6.07, 6.45) is 4.93. The topological polar surface area (TPSA) is 63.1 Å². The van der Waals surface area contributed by atoms with Crippen LogP contribution in [0.15, 0.2) is 54.6 Å². The quantitative estimate of drug-likeness (QED) is 0.182. The van der Waals surface area contributed by atoms with E-state index in [0.717, 1.165) is 27.7 Å². The van der Waals surface area contributed by atoms with E-state index in [2.05, 4.69) is 56.1 Å². The molecule has 1 N–H and O–H groups in total. The molecule has 0 bridgehead atoms. The van der Waals surface area contributed by atoms with Crippen molar-refractivity contribution in [3.05, 3.63) is 71.8 Å². The summed E-state index contributed by atoms with van der Waals surface area (Å²) < 4.78 is 0. The molecule has 0 amide bonds. The number of carbonyl (C=O) groups excluding carboxylic acids is 1. The number of fused-ring (bicyclic) bond motifs is 1. The predicted molar refractivity (Wildman–Crippen MR) is 137 cm³/mol. The van der Waals surface area contributed by atoms with Gasteiger partial charge in [0.25, 0.3) is 0 Å². The number of allylic oxidation sites excluding steroid dienone is 2. The van der Waals surface area contributed by atoms with Crippen LogP contribution in [0.2, 0.25) is 0 Å². The summed E-state index contributed by atoms with van der Waals surface area (Å²) in [5.74, 6) is 0.608. The Balaban J connectivity index is 0.000000364. The van der Waals surface area contributed by atoms with Crippen LogP contribution in [-0.2, 0) is 24.9 Å². The van der Waals surface area contributed by atoms with E-state index in [4.69, 9.17) is 4.98 Å². The van der Waals surface area contributed by atoms with E-state index >= 15 is 0 Å². The van der Waals surface area contributed by atoms with E-state index in [0.29, 0.717) is 5.92 Å². The SMILES string of the molecule is CC(C)(C)C(=O)/C=C(\O)C(C)(C)C.Cc1[c-]c(-c2ccc3ccncc3n2)cc(C(C)C)c1.[Ir]. The largest absolute Gasteiger partial charge is 0.512 e. The van der Waals surface area contributed by atoms with Crippen molar-refractivity contribution in [2.75, 3.05) is 0 Å². The van der Waals surface area contributed by atoms with E-state index in [-0.39, 0.29) is 37.1 Å². The molecule has 0 saturated heterocycles. The molecule has 0 spiro atoms. The molecule has 0 atom stereocenters. The predicted octanol–water partition coefficient (Wildman–Crippen LogP) is 7.62. The molecule has 34 heavy (non-hydrogen) atoms. The fraction of sp³-hybridized carbons (Fsp3) is 0.414. The smallest absolute Gasteiger partial charge is 0.164 e. The van der Waals surface area contributed by atoms with Gasteiger partial charge in [-0.15, -0.1) is 34.9 Å². The van der Waals surface area contributed by atoms with Gasteiger partial charge in [0.15, 0.2) is 5.78 Å². The average Bonchev–Trinajstić information content (AvgIpc) is 2.72. The Morgan fingerprint density at radius 2 is 1.68 bits per heavy atom. The minimum Gasteiger partial charge on any atom is -0.512 e. The monoisotopic (exact) mass is 638 g/mol. The number of aryl methyl sites for hydroxylation is 1. The molecule has 0 fully saturated rings. The molecule has 0 unspecified atom stereocenters. The standard InChI is InChI=1S/C18H17N2.C11H20O2.Ir/c1-12(2)15-8-13(3)9-16(10-15)17-5-4-14-6-7-19-11-18(14)20-17;1-10(2,3)8(12)7-9(13)11(4,5)6;/h4-8,10-12H,1-3H3;7,12H,1-6H3;/q-1;;/b;8-7-;. The number of hydrogen-bond donors (Lipinski definition) is 1. The second-order valence-corrected chi connectivity index (χ2v) is 10.8. The van der Waals surface area contributed by atoms with Gasteiger partial charge in [0, 0.05) is 48.6 Å². The van der Waals surface area contributed by atoms with E-state index in [1.54, 1.807) is 12.4 Å². The number of aliphatic hydroxyl groups excluding tert-OH is 1. The van der Waals surface area contributed by atoms with Crippen molar-refractivity contribution in [1.29, 1.82) is 0 Å². The van der Waals surface area contributed by atoms with Gasteiger partial charge in [0.05, 0.1) is 11.7 Å². The number of ketones is 1. The maximum absolute atomic E-state index is 11.5. The molecule has 5 heteroatoms. The fourth-order valence-corrected chi connectivity index (χ4v) is 2.89. The molecule has 2 heterocycles. The number of nitrogens with zero attached hydrogens (tertiary/aromatic N) is 2. The first-order chi connectivity index (χ1) is 15.2. The summed E-state index contributed by atoms with van der Waals surface area (Å²) in [4.78, 5) is 20.3. The Labute approximate surface area is 218 Å². The fourth-order valence-electron chi connectivity index (χ4n) is 2.89. The van der Waals surface area contributed by atoms with Crippen molar-refractivity contribution in [2.45, 2.75) is 68.2 Å². The second-order valence-electron chi connectivity index (χ2n) is 10.8. The van der Waals surface area contributed by atoms with Gasteiger partial charge in [0.1, 0.15) is 5.76 Å². The summed E-state index contributed by atoms with van der Waals surface area (Å²) >= 11 is 0. The number of carbonyl (C=O) groups is 1. The molecule has 0 aliphatic rings. The number of rotatable bonds is 3. The molecule has 1 radical (unpaired) electrons. The third-order valence-corrected chi connectivity index (χ3v) is 5.24. The van der Waals surface area contributed by atoms with Gasteiger partial charge in [-0.05, 0) is 17.7 Å². The first-order valence-electron chi connectivity index (χ1n) is 11.4. The summed E-state index contributed by atoms with van der Waals surface area (Å²) in [5.41, 5.74) is 4.64. The average molecular weight is 638 g/mol. The van der Waals surface area contributed by atoms with Crippen LogP contribution in [0.1, 0.15) is 72.4 Å². The minimum atomic E-state index is -0.417. The van der Waals surface area contributed by atoms with Crippen molar-refractivity contribution < 1.29 is 30.0 Å². The van der Waals surface area contributed by atoms with Crippen molar-refractivity contribution in [1.82, 2.24) is 9.97 Å². The van der Waals surface area contributed by atoms with Crippen LogP contribution in [0.5, 0.6) is 0 Å². The van der Waals surface area contributed by atoms with Crippen molar-refractivity contribution in [3.8, 4) is 11.3 Å². The Kier molecular flexibility index (Phi) is 10.3. The molecule has 1 aromatic carbocycles. The molecular weight excluding hydrogens is 601 g/mol. The van der Waals surface area contributed by atoms with Crippen LogP contribution >= 0.6 is 0 Å². The Bertz CT molecular complexity index is 1150. The summed E-state index contributed by atoms with van der Waals surface area (Å²) in [5, 5.41) is 10.7. The van der Waals surface area contributed by atoms with Gasteiger partial charge in [0.2, 0.25) is 0 Å². The molecule has 2 aromatic heterocycles. The molecule has 0 saturated carbocycles. The molecule has 185 valence electrons. The number of hydrogen-bond acceptors (Lipinski definition) is 4. The molecule has 4 nitrogen and oxygen atoms in total. The first kappa shape index (κ1) is 29.7. The van der Waals surface area contributed by atoms with Crippen molar-refractivity contribution >= 4 is 16.7 Å². The van der Waals surface area contributed by atoms with Crippen LogP contribution < -0.4 is 0 Å². The van der Waals surface area contributed by atoms with E-state index in [1.807, 2.05) is 47.6 Å². The molecular formula is C29H37IrN2O2-. The Morgan fingerprint density at radius 3 is 2.24 bits per heavy atom. The summed E-state index contributed by atoms with van der Waals surface area (Å²) in [6, 6.07) is 13.9. The van der Waals surface area contributed by atoms with Gasteiger partial charge in [-0.25, -0.2) is 0 Å². The number of aliphatic hydroxyl groups is 1. The van der Waals surface area contributed by atoms with Crippen LogP contribution in [0.3, 0.4) is 0 Å². The number of pyridine rings is 2. The zero-order valence-electron chi connectivity index (χ0n) is 21.8. The molecule has 3 aromatic rings. The third-order valence-electron chi connectivity index (χ3n) is 5.24. The van der Waals surface area contributed by atoms with Crippen molar-refractivity contribution in [3.63, 3.8) is 0 Å². The van der Waals surface area contributed by atoms with E-state index in [1.165, 1.54) is 11.6 Å². The summed E-state index contributed by atoms with van der Waals surface area (Å²) in [6.45, 7) is 17.6. The van der Waals surface area contributed by atoms with Crippen LogP contribution in [0, 0.1) is 23.8 Å². The Morgan fingerprint density at radius 1 is 1.03 bits per heavy atom. The number of aromatic nitrogens is 2. The van der Waals surface area contributed by atoms with E-state index in [9.17, 15) is 9.90 Å². The normalized spacial score (nSPS) is 12.1.